The maximum absolute atomic E-state index is 4.75. The Balaban J connectivity index is 1.45. The molecule has 2 aromatic rings. The van der Waals surface area contributed by atoms with Gasteiger partial charge in [0.05, 0.1) is 5.52 Å². The van der Waals surface area contributed by atoms with Crippen molar-refractivity contribution in [1.82, 2.24) is 20.5 Å². The first-order valence-electron chi connectivity index (χ1n) is 10.3. The third-order valence-electron chi connectivity index (χ3n) is 5.94. The standard InChI is InChI=1S/C22H32N6/c1-15-13-28(17-9-10-17)14-20(15)26-22(23-2)24-12-16-11-21(27(3)4)25-19-8-6-5-7-18(16)19/h5-8,11,15,17,20H,9-10,12-14H2,1-4H3,(H2,23,24,26). The van der Waals surface area contributed by atoms with E-state index in [1.54, 1.807) is 0 Å². The van der Waals surface area contributed by atoms with Crippen LogP contribution in [0.2, 0.25) is 0 Å². The van der Waals surface area contributed by atoms with Crippen molar-refractivity contribution in [3.63, 3.8) is 0 Å². The molecule has 150 valence electrons. The van der Waals surface area contributed by atoms with Gasteiger partial charge in [0.1, 0.15) is 5.82 Å². The zero-order chi connectivity index (χ0) is 19.7. The van der Waals surface area contributed by atoms with Crippen LogP contribution in [0.3, 0.4) is 0 Å². The Morgan fingerprint density at radius 3 is 2.75 bits per heavy atom. The second-order valence-electron chi connectivity index (χ2n) is 8.39. The quantitative estimate of drug-likeness (QED) is 0.616. The Hall–Kier alpha value is -2.34. The zero-order valence-electron chi connectivity index (χ0n) is 17.4. The SMILES string of the molecule is CN=C(NCc1cc(N(C)C)nc2ccccc12)NC1CN(C2CC2)CC1C. The lowest BCUT2D eigenvalue weighted by molar-refractivity contribution is 0.315. The summed E-state index contributed by atoms with van der Waals surface area (Å²) in [6.45, 7) is 5.38. The molecule has 0 amide bonds. The van der Waals surface area contributed by atoms with Crippen LogP contribution in [-0.4, -0.2) is 62.2 Å². The van der Waals surface area contributed by atoms with Gasteiger partial charge in [-0.05, 0) is 36.5 Å². The van der Waals surface area contributed by atoms with E-state index >= 15 is 0 Å². The summed E-state index contributed by atoms with van der Waals surface area (Å²) in [7, 11) is 5.91. The molecule has 4 rings (SSSR count). The zero-order valence-corrected chi connectivity index (χ0v) is 17.4. The fourth-order valence-corrected chi connectivity index (χ4v) is 4.09. The Kier molecular flexibility index (Phi) is 5.40. The third-order valence-corrected chi connectivity index (χ3v) is 5.94. The van der Waals surface area contributed by atoms with Gasteiger partial charge in [0, 0.05) is 58.2 Å². The molecule has 2 fully saturated rings. The molecule has 1 aromatic carbocycles. The number of benzene rings is 1. The molecular formula is C22H32N6. The van der Waals surface area contributed by atoms with Crippen molar-refractivity contribution in [2.75, 3.05) is 39.1 Å². The van der Waals surface area contributed by atoms with Gasteiger partial charge in [0.15, 0.2) is 5.96 Å². The molecule has 0 spiro atoms. The van der Waals surface area contributed by atoms with Crippen molar-refractivity contribution in [2.24, 2.45) is 10.9 Å². The van der Waals surface area contributed by atoms with Gasteiger partial charge < -0.3 is 15.5 Å². The summed E-state index contributed by atoms with van der Waals surface area (Å²) in [5.41, 5.74) is 2.26. The summed E-state index contributed by atoms with van der Waals surface area (Å²) in [5.74, 6) is 2.49. The van der Waals surface area contributed by atoms with E-state index in [0.29, 0.717) is 12.0 Å². The largest absolute Gasteiger partial charge is 0.363 e. The molecule has 2 heterocycles. The average molecular weight is 381 g/mol. The van der Waals surface area contributed by atoms with E-state index in [9.17, 15) is 0 Å². The molecule has 1 saturated carbocycles. The number of aromatic nitrogens is 1. The normalized spacial score (nSPS) is 23.2. The van der Waals surface area contributed by atoms with Gasteiger partial charge in [-0.2, -0.15) is 0 Å². The van der Waals surface area contributed by atoms with E-state index in [2.05, 4.69) is 56.6 Å². The number of fused-ring (bicyclic) bond motifs is 1. The summed E-state index contributed by atoms with van der Waals surface area (Å²) in [6, 6.07) is 11.8. The van der Waals surface area contributed by atoms with E-state index in [1.165, 1.54) is 30.3 Å². The van der Waals surface area contributed by atoms with E-state index in [0.717, 1.165) is 36.4 Å². The van der Waals surface area contributed by atoms with Crippen LogP contribution < -0.4 is 15.5 Å². The van der Waals surface area contributed by atoms with Gasteiger partial charge in [0.2, 0.25) is 0 Å². The van der Waals surface area contributed by atoms with Crippen LogP contribution in [0.25, 0.3) is 10.9 Å². The van der Waals surface area contributed by atoms with Crippen LogP contribution in [0.15, 0.2) is 35.3 Å². The molecular weight excluding hydrogens is 348 g/mol. The highest BCUT2D eigenvalue weighted by Crippen LogP contribution is 2.31. The average Bonchev–Trinajstić information content (AvgIpc) is 3.48. The summed E-state index contributed by atoms with van der Waals surface area (Å²) >= 11 is 0. The van der Waals surface area contributed by atoms with Crippen LogP contribution in [-0.2, 0) is 6.54 Å². The van der Waals surface area contributed by atoms with Gasteiger partial charge >= 0.3 is 0 Å². The van der Waals surface area contributed by atoms with Crippen molar-refractivity contribution in [3.05, 3.63) is 35.9 Å². The number of guanidine groups is 1. The molecule has 2 aliphatic rings. The molecule has 0 radical (unpaired) electrons. The summed E-state index contributed by atoms with van der Waals surface area (Å²) in [4.78, 5) is 13.9. The second-order valence-corrected chi connectivity index (χ2v) is 8.39. The molecule has 2 unspecified atom stereocenters. The predicted molar refractivity (Wildman–Crippen MR) is 117 cm³/mol. The minimum Gasteiger partial charge on any atom is -0.363 e. The van der Waals surface area contributed by atoms with Gasteiger partial charge in [-0.25, -0.2) is 4.98 Å². The van der Waals surface area contributed by atoms with E-state index < -0.39 is 0 Å². The smallest absolute Gasteiger partial charge is 0.191 e. The van der Waals surface area contributed by atoms with E-state index in [4.69, 9.17) is 4.98 Å². The first-order chi connectivity index (χ1) is 13.5. The number of pyridine rings is 1. The molecule has 2 N–H and O–H groups in total. The molecule has 1 aliphatic carbocycles. The molecule has 0 bridgehead atoms. The van der Waals surface area contributed by atoms with Crippen molar-refractivity contribution in [2.45, 2.75) is 38.4 Å². The topological polar surface area (TPSA) is 55.8 Å². The number of hydrogen-bond acceptors (Lipinski definition) is 4. The van der Waals surface area contributed by atoms with Crippen molar-refractivity contribution < 1.29 is 0 Å². The van der Waals surface area contributed by atoms with Gasteiger partial charge in [-0.1, -0.05) is 25.1 Å². The molecule has 1 aromatic heterocycles. The Morgan fingerprint density at radius 1 is 1.25 bits per heavy atom. The van der Waals surface area contributed by atoms with Crippen LogP contribution >= 0.6 is 0 Å². The lowest BCUT2D eigenvalue weighted by atomic mass is 10.1. The molecule has 28 heavy (non-hydrogen) atoms. The molecule has 1 saturated heterocycles. The van der Waals surface area contributed by atoms with Crippen molar-refractivity contribution in [3.8, 4) is 0 Å². The van der Waals surface area contributed by atoms with Gasteiger partial charge in [-0.3, -0.25) is 9.89 Å². The van der Waals surface area contributed by atoms with Crippen LogP contribution in [0.1, 0.15) is 25.3 Å². The number of anilines is 1. The molecule has 6 heteroatoms. The maximum atomic E-state index is 4.75. The van der Waals surface area contributed by atoms with Crippen LogP contribution in [0.4, 0.5) is 5.82 Å². The predicted octanol–water partition coefficient (Wildman–Crippen LogP) is 2.45. The highest BCUT2D eigenvalue weighted by Gasteiger charge is 2.38. The lowest BCUT2D eigenvalue weighted by Crippen LogP contribution is -2.46. The highest BCUT2D eigenvalue weighted by molar-refractivity contribution is 5.85. The van der Waals surface area contributed by atoms with E-state index in [-0.39, 0.29) is 0 Å². The van der Waals surface area contributed by atoms with Crippen LogP contribution in [0, 0.1) is 5.92 Å². The van der Waals surface area contributed by atoms with Crippen LogP contribution in [0.5, 0.6) is 0 Å². The minimum atomic E-state index is 0.457. The monoisotopic (exact) mass is 380 g/mol. The summed E-state index contributed by atoms with van der Waals surface area (Å²) in [6.07, 6.45) is 2.74. The number of rotatable bonds is 5. The highest BCUT2D eigenvalue weighted by atomic mass is 15.3. The number of nitrogens with one attached hydrogen (secondary N) is 2. The third kappa shape index (κ3) is 4.07. The molecule has 1 aliphatic heterocycles. The minimum absolute atomic E-state index is 0.457. The van der Waals surface area contributed by atoms with Crippen molar-refractivity contribution in [1.29, 1.82) is 0 Å². The number of likely N-dealkylation sites (tertiary alicyclic amines) is 1. The first-order valence-corrected chi connectivity index (χ1v) is 10.3. The number of aliphatic imine (C=N–C) groups is 1. The fraction of sp³-hybridized carbons (Fsp3) is 0.545. The van der Waals surface area contributed by atoms with Crippen molar-refractivity contribution >= 4 is 22.7 Å². The number of para-hydroxylation sites is 1. The van der Waals surface area contributed by atoms with Gasteiger partial charge in [-0.15, -0.1) is 0 Å². The van der Waals surface area contributed by atoms with E-state index in [1.807, 2.05) is 27.2 Å². The lowest BCUT2D eigenvalue weighted by Gasteiger charge is -2.21. The fourth-order valence-electron chi connectivity index (χ4n) is 4.09. The Morgan fingerprint density at radius 2 is 2.04 bits per heavy atom. The number of nitrogens with zero attached hydrogens (tertiary/aromatic N) is 4. The Labute approximate surface area is 168 Å². The maximum Gasteiger partial charge on any atom is 0.191 e. The second kappa shape index (κ2) is 7.95. The molecule has 6 nitrogen and oxygen atoms in total. The summed E-state index contributed by atoms with van der Waals surface area (Å²) in [5, 5.41) is 8.37. The summed E-state index contributed by atoms with van der Waals surface area (Å²) < 4.78 is 0. The number of hydrogen-bond donors (Lipinski definition) is 2. The van der Waals surface area contributed by atoms with Gasteiger partial charge in [0.25, 0.3) is 0 Å². The first kappa shape index (κ1) is 19.0. The Bertz CT molecular complexity index is 857. The molecule has 2 atom stereocenters.